The summed E-state index contributed by atoms with van der Waals surface area (Å²) in [5, 5.41) is 7.70. The number of ether oxygens (including phenoxy) is 4. The van der Waals surface area contributed by atoms with E-state index in [1.165, 1.54) is 0 Å². The molecule has 3 heterocycles. The molecule has 0 bridgehead atoms. The van der Waals surface area contributed by atoms with Crippen LogP contribution in [0.15, 0.2) is 36.5 Å². The molecule has 13 nitrogen and oxygen atoms in total. The molecule has 2 aromatic carbocycles. The first-order chi connectivity index (χ1) is 34.1. The largest absolute Gasteiger partial charge is 0.496 e. The molecule has 3 aromatic rings. The molecule has 2 aliphatic rings. The van der Waals surface area contributed by atoms with Gasteiger partial charge in [0.25, 0.3) is 0 Å². The third kappa shape index (κ3) is 19.6. The molecule has 0 aliphatic carbocycles. The van der Waals surface area contributed by atoms with E-state index in [1.54, 1.807) is 24.0 Å². The number of nitrogens with two attached hydrogens (primary N) is 1. The molecule has 3 N–H and O–H groups in total. The highest BCUT2D eigenvalue weighted by molar-refractivity contribution is 6.84. The quantitative estimate of drug-likeness (QED) is 0.105. The Morgan fingerprint density at radius 3 is 1.33 bits per heavy atom. The number of nitrogens with one attached hydrogen (secondary N) is 1. The Labute approximate surface area is 453 Å². The molecule has 0 unspecified atom stereocenters. The van der Waals surface area contributed by atoms with Gasteiger partial charge in [-0.15, -0.1) is 5.54 Å². The smallest absolute Gasteiger partial charge is 0.410 e. The number of hydrogen-bond acceptors (Lipinski definition) is 10. The van der Waals surface area contributed by atoms with Crippen molar-refractivity contribution in [3.63, 3.8) is 0 Å². The van der Waals surface area contributed by atoms with Crippen molar-refractivity contribution in [2.45, 2.75) is 209 Å². The van der Waals surface area contributed by atoms with Crippen LogP contribution in [0.5, 0.6) is 11.5 Å². The van der Waals surface area contributed by atoms with Crippen LogP contribution in [0.25, 0.3) is 11.4 Å². The van der Waals surface area contributed by atoms with Crippen LogP contribution >= 0.6 is 0 Å². The minimum atomic E-state index is -1.51. The molecule has 0 atom stereocenters. The lowest BCUT2D eigenvalue weighted by atomic mass is 9.78. The van der Waals surface area contributed by atoms with Crippen LogP contribution in [0.3, 0.4) is 0 Å². The average Bonchev–Trinajstić information content (AvgIpc) is 3.27. The van der Waals surface area contributed by atoms with Crippen molar-refractivity contribution in [3.05, 3.63) is 70.0 Å². The van der Waals surface area contributed by atoms with Gasteiger partial charge in [-0.1, -0.05) is 103 Å². The molecular weight excluding hydrogens is 957 g/mol. The molecule has 0 saturated carbocycles. The van der Waals surface area contributed by atoms with Crippen molar-refractivity contribution in [2.24, 2.45) is 11.7 Å². The van der Waals surface area contributed by atoms with Crippen LogP contribution in [0, 0.1) is 22.8 Å². The van der Waals surface area contributed by atoms with E-state index in [-0.39, 0.29) is 57.3 Å². The Hall–Kier alpha value is -5.42. The van der Waals surface area contributed by atoms with Crippen molar-refractivity contribution in [1.82, 2.24) is 19.8 Å². The lowest BCUT2D eigenvalue weighted by Gasteiger charge is -2.33. The maximum absolute atomic E-state index is 12.4. The van der Waals surface area contributed by atoms with E-state index in [0.29, 0.717) is 39.0 Å². The number of piperidine rings is 2. The van der Waals surface area contributed by atoms with Gasteiger partial charge in [-0.2, -0.15) is 0 Å². The first-order valence-electron chi connectivity index (χ1n) is 26.7. The summed E-state index contributed by atoms with van der Waals surface area (Å²) >= 11 is 0. The summed E-state index contributed by atoms with van der Waals surface area (Å²) < 4.78 is 22.5. The topological polar surface area (TPSA) is 170 Å². The summed E-state index contributed by atoms with van der Waals surface area (Å²) in [7, 11) is 1.94. The highest BCUT2D eigenvalue weighted by Gasteiger charge is 2.33. The normalized spacial score (nSPS) is 15.2. The van der Waals surface area contributed by atoms with Gasteiger partial charge in [-0.25, -0.2) is 19.6 Å². The van der Waals surface area contributed by atoms with Gasteiger partial charge in [-0.3, -0.25) is 10.2 Å². The number of likely N-dealkylation sites (tertiary alicyclic amines) is 2. The molecule has 14 heteroatoms. The molecule has 0 spiro atoms. The minimum absolute atomic E-state index is 0.0289. The van der Waals surface area contributed by atoms with Crippen LogP contribution < -0.4 is 15.2 Å². The number of Topliss-reactive ketones (excluding diaryl/α,β-unsaturated/α-hetero) is 1. The molecular formula is C61H96N6O7Si. The summed E-state index contributed by atoms with van der Waals surface area (Å²) in [6.07, 6.45) is 4.41. The Balaban J connectivity index is 0.000000318. The van der Waals surface area contributed by atoms with E-state index >= 15 is 0 Å². The van der Waals surface area contributed by atoms with E-state index in [0.717, 1.165) is 69.2 Å². The molecule has 2 amide bonds. The molecule has 1 aromatic heterocycles. The van der Waals surface area contributed by atoms with Crippen molar-refractivity contribution >= 4 is 31.9 Å². The molecule has 0 radical (unpaired) electrons. The van der Waals surface area contributed by atoms with E-state index < -0.39 is 19.3 Å². The number of amidine groups is 1. The third-order valence-corrected chi connectivity index (χ3v) is 13.6. The number of rotatable bonds is 6. The number of carbonyl (C=O) groups is 3. The predicted molar refractivity (Wildman–Crippen MR) is 309 cm³/mol. The van der Waals surface area contributed by atoms with Crippen LogP contribution in [-0.4, -0.2) is 103 Å². The summed E-state index contributed by atoms with van der Waals surface area (Å²) in [5.74, 6) is 5.78. The maximum atomic E-state index is 12.4. The molecule has 2 saturated heterocycles. The lowest BCUT2D eigenvalue weighted by Crippen LogP contribution is -2.42. The summed E-state index contributed by atoms with van der Waals surface area (Å²) in [5.41, 5.74) is 14.8. The fourth-order valence-electron chi connectivity index (χ4n) is 8.64. The fraction of sp³-hybridized carbons (Fsp3) is 0.639. The molecule has 2 fully saturated rings. The van der Waals surface area contributed by atoms with Gasteiger partial charge in [-0.05, 0) is 125 Å². The monoisotopic (exact) mass is 1050 g/mol. The van der Waals surface area contributed by atoms with Crippen LogP contribution in [-0.2, 0) is 35.9 Å². The zero-order valence-corrected chi connectivity index (χ0v) is 51.5. The molecule has 416 valence electrons. The van der Waals surface area contributed by atoms with Gasteiger partial charge >= 0.3 is 12.2 Å². The van der Waals surface area contributed by atoms with Gasteiger partial charge in [0.05, 0.1) is 14.2 Å². The Bertz CT molecular complexity index is 2460. The Kier molecular flexibility index (Phi) is 21.0. The second-order valence-electron chi connectivity index (χ2n) is 27.3. The zero-order valence-electron chi connectivity index (χ0n) is 50.5. The second kappa shape index (κ2) is 24.7. The van der Waals surface area contributed by atoms with Crippen LogP contribution in [0.4, 0.5) is 9.59 Å². The number of ketones is 1. The van der Waals surface area contributed by atoms with Gasteiger partial charge in [0.1, 0.15) is 36.6 Å². The van der Waals surface area contributed by atoms with Crippen molar-refractivity contribution < 1.29 is 33.3 Å². The second-order valence-corrected chi connectivity index (χ2v) is 32.0. The van der Waals surface area contributed by atoms with Gasteiger partial charge in [0, 0.05) is 83.3 Å². The number of methoxy groups -OCH3 is 2. The molecule has 5 rings (SSSR count). The first kappa shape index (κ1) is 63.9. The number of nitrogen functional groups attached to an aromatic ring is 1. The Morgan fingerprint density at radius 2 is 1.00 bits per heavy atom. The van der Waals surface area contributed by atoms with Gasteiger partial charge in [0.2, 0.25) is 5.78 Å². The number of aromatic nitrogens is 2. The number of hydrogen-bond donors (Lipinski definition) is 2. The van der Waals surface area contributed by atoms with Crippen molar-refractivity contribution in [3.8, 4) is 34.4 Å². The van der Waals surface area contributed by atoms with Gasteiger partial charge in [0.15, 0.2) is 5.82 Å². The maximum Gasteiger partial charge on any atom is 0.410 e. The summed E-state index contributed by atoms with van der Waals surface area (Å²) in [6.45, 7) is 46.2. The number of carbonyl (C=O) groups excluding carboxylic acids is 3. The molecule has 2 aliphatic heterocycles. The van der Waals surface area contributed by atoms with E-state index in [4.69, 9.17) is 35.1 Å². The zero-order chi connectivity index (χ0) is 57.4. The summed E-state index contributed by atoms with van der Waals surface area (Å²) in [4.78, 5) is 49.6. The summed E-state index contributed by atoms with van der Waals surface area (Å²) in [6, 6.07) is 10.3. The van der Waals surface area contributed by atoms with E-state index in [2.05, 4.69) is 131 Å². The van der Waals surface area contributed by atoms with E-state index in [9.17, 15) is 14.4 Å². The van der Waals surface area contributed by atoms with E-state index in [1.807, 2.05) is 65.9 Å². The predicted octanol–water partition coefficient (Wildman–Crippen LogP) is 13.5. The SMILES string of the molecule is CC(C)(C)OC(=O)N1CCC(C(=O)C#C[Si](C)(C)C)CC1.COc1c(C(C)(C)C)cc(-c2nccc(C3CCN(C(=O)OC(C)(C)C)CC3)n2)cc1C(C)(C)C.COc1c(C(C)(C)C)cc(C(=N)N)cc1C(C)(C)C. The minimum Gasteiger partial charge on any atom is -0.496 e. The number of amides is 2. The number of nitrogens with zero attached hydrogens (tertiary/aromatic N) is 4. The Morgan fingerprint density at radius 1 is 0.627 bits per heavy atom. The highest BCUT2D eigenvalue weighted by Crippen LogP contribution is 2.43. The average molecular weight is 1050 g/mol. The van der Waals surface area contributed by atoms with Crippen molar-refractivity contribution in [2.75, 3.05) is 40.4 Å². The molecule has 75 heavy (non-hydrogen) atoms. The lowest BCUT2D eigenvalue weighted by molar-refractivity contribution is -0.118. The third-order valence-electron chi connectivity index (χ3n) is 12.7. The first-order valence-corrected chi connectivity index (χ1v) is 30.2. The fourth-order valence-corrected chi connectivity index (χ4v) is 9.13. The van der Waals surface area contributed by atoms with Crippen LogP contribution in [0.2, 0.25) is 19.6 Å². The van der Waals surface area contributed by atoms with Crippen molar-refractivity contribution in [1.29, 1.82) is 5.41 Å². The highest BCUT2D eigenvalue weighted by atomic mass is 28.3. The number of benzene rings is 2. The standard InChI is InChI=1S/C29H43N3O3.C16H26N2O.C16H27NO3Si/c1-27(2,3)21-17-20(18-22(24(21)34-10)28(4,5)6)25-30-14-11-23(31-25)19-12-15-32(16-13-19)26(33)35-29(7,8)9;1-15(2,3)11-8-10(14(17)18)9-12(13(11)19-7)16(4,5)6;1-16(2,3)20-15(19)17-10-7-13(8-11-17)14(18)9-12-21(4,5)6/h11,14,17-19H,12-13,15-16H2,1-10H3;8-9H,1-7H3,(H3,17,18);13H,7-8,10-11H2,1-6H3. The van der Waals surface area contributed by atoms with Crippen LogP contribution in [0.1, 0.15) is 190 Å². The van der Waals surface area contributed by atoms with Gasteiger partial charge < -0.3 is 34.5 Å².